The molecule has 1 aliphatic heterocycles. The molecular formula is C18H19BrN2O. The van der Waals surface area contributed by atoms with Crippen LogP contribution in [0.1, 0.15) is 16.8 Å². The summed E-state index contributed by atoms with van der Waals surface area (Å²) in [5.41, 5.74) is 1.96. The van der Waals surface area contributed by atoms with Gasteiger partial charge in [0.1, 0.15) is 0 Å². The molecule has 0 spiro atoms. The zero-order valence-corrected chi connectivity index (χ0v) is 13.9. The number of hydrogen-bond acceptors (Lipinski definition) is 2. The molecule has 0 bridgehead atoms. The van der Waals surface area contributed by atoms with Crippen LogP contribution < -0.4 is 10.2 Å². The van der Waals surface area contributed by atoms with E-state index in [0.717, 1.165) is 30.5 Å². The molecule has 1 fully saturated rings. The summed E-state index contributed by atoms with van der Waals surface area (Å²) in [6.45, 7) is 2.78. The van der Waals surface area contributed by atoms with Crippen LogP contribution in [0.15, 0.2) is 59.1 Å². The molecule has 1 saturated heterocycles. The van der Waals surface area contributed by atoms with Gasteiger partial charge >= 0.3 is 0 Å². The lowest BCUT2D eigenvalue weighted by Crippen LogP contribution is -2.31. The number of benzene rings is 2. The molecule has 1 N–H and O–H groups in total. The number of anilines is 1. The minimum atomic E-state index is -0.00867. The molecule has 0 aliphatic carbocycles. The van der Waals surface area contributed by atoms with Crippen LogP contribution in [0, 0.1) is 5.92 Å². The van der Waals surface area contributed by atoms with Crippen molar-refractivity contribution >= 4 is 27.5 Å². The number of nitrogens with one attached hydrogen (secondary N) is 1. The van der Waals surface area contributed by atoms with Crippen LogP contribution in [0.4, 0.5) is 5.69 Å². The summed E-state index contributed by atoms with van der Waals surface area (Å²) in [7, 11) is 0. The smallest absolute Gasteiger partial charge is 0.252 e. The second-order valence-corrected chi connectivity index (χ2v) is 6.48. The molecule has 0 radical (unpaired) electrons. The maximum absolute atomic E-state index is 12.2. The van der Waals surface area contributed by atoms with E-state index >= 15 is 0 Å². The Morgan fingerprint density at radius 1 is 1.14 bits per heavy atom. The molecule has 1 unspecified atom stereocenters. The van der Waals surface area contributed by atoms with E-state index in [0.29, 0.717) is 11.5 Å². The number of nitrogens with zero attached hydrogens (tertiary/aromatic N) is 1. The standard InChI is InChI=1S/C18H19BrN2O/c19-17-9-5-4-8-16(17)18(22)20-12-14-10-11-21(13-14)15-6-2-1-3-7-15/h1-9,14H,10-13H2,(H,20,22). The van der Waals surface area contributed by atoms with Crippen LogP contribution in [0.2, 0.25) is 0 Å². The van der Waals surface area contributed by atoms with E-state index in [2.05, 4.69) is 50.4 Å². The van der Waals surface area contributed by atoms with Gasteiger partial charge < -0.3 is 10.2 Å². The molecule has 2 aromatic carbocycles. The van der Waals surface area contributed by atoms with Crippen LogP contribution in [0.25, 0.3) is 0 Å². The number of rotatable bonds is 4. The Kier molecular flexibility index (Phi) is 4.78. The van der Waals surface area contributed by atoms with Gasteiger partial charge in [-0.15, -0.1) is 0 Å². The van der Waals surface area contributed by atoms with Gasteiger partial charge in [0.15, 0.2) is 0 Å². The maximum Gasteiger partial charge on any atom is 0.252 e. The van der Waals surface area contributed by atoms with Gasteiger partial charge in [0, 0.05) is 29.8 Å². The van der Waals surface area contributed by atoms with E-state index in [1.807, 2.05) is 30.3 Å². The van der Waals surface area contributed by atoms with Gasteiger partial charge in [-0.2, -0.15) is 0 Å². The van der Waals surface area contributed by atoms with E-state index < -0.39 is 0 Å². The number of amides is 1. The molecule has 1 amide bonds. The second kappa shape index (κ2) is 6.97. The van der Waals surface area contributed by atoms with Crippen LogP contribution in [0.5, 0.6) is 0 Å². The predicted molar refractivity (Wildman–Crippen MR) is 93.2 cm³/mol. The summed E-state index contributed by atoms with van der Waals surface area (Å²) in [6.07, 6.45) is 1.12. The van der Waals surface area contributed by atoms with Crippen molar-refractivity contribution in [1.82, 2.24) is 5.32 Å². The quantitative estimate of drug-likeness (QED) is 0.903. The van der Waals surface area contributed by atoms with Crippen molar-refractivity contribution in [1.29, 1.82) is 0 Å². The molecule has 4 heteroatoms. The average Bonchev–Trinajstić information content (AvgIpc) is 3.03. The van der Waals surface area contributed by atoms with E-state index in [9.17, 15) is 4.79 Å². The first kappa shape index (κ1) is 15.1. The Balaban J connectivity index is 1.53. The molecular weight excluding hydrogens is 340 g/mol. The molecule has 3 nitrogen and oxygen atoms in total. The molecule has 1 atom stereocenters. The van der Waals surface area contributed by atoms with Gasteiger partial charge in [-0.3, -0.25) is 4.79 Å². The lowest BCUT2D eigenvalue weighted by molar-refractivity contribution is 0.0947. The summed E-state index contributed by atoms with van der Waals surface area (Å²) in [5, 5.41) is 3.06. The average molecular weight is 359 g/mol. The van der Waals surface area contributed by atoms with Crippen LogP contribution >= 0.6 is 15.9 Å². The lowest BCUT2D eigenvalue weighted by Gasteiger charge is -2.18. The van der Waals surface area contributed by atoms with Crippen molar-refractivity contribution in [3.63, 3.8) is 0 Å². The number of hydrogen-bond donors (Lipinski definition) is 1. The van der Waals surface area contributed by atoms with Gasteiger partial charge in [-0.25, -0.2) is 0 Å². The highest BCUT2D eigenvalue weighted by atomic mass is 79.9. The third-order valence-electron chi connectivity index (χ3n) is 4.08. The normalized spacial score (nSPS) is 17.5. The van der Waals surface area contributed by atoms with Gasteiger partial charge in [0.25, 0.3) is 5.91 Å². The fourth-order valence-electron chi connectivity index (χ4n) is 2.85. The van der Waals surface area contributed by atoms with E-state index in [4.69, 9.17) is 0 Å². The Labute approximate surface area is 139 Å². The molecule has 114 valence electrons. The van der Waals surface area contributed by atoms with Crippen molar-refractivity contribution in [2.75, 3.05) is 24.5 Å². The second-order valence-electron chi connectivity index (χ2n) is 5.63. The third kappa shape index (κ3) is 3.50. The zero-order valence-electron chi connectivity index (χ0n) is 12.3. The Hall–Kier alpha value is -1.81. The van der Waals surface area contributed by atoms with Gasteiger partial charge in [-0.05, 0) is 52.5 Å². The van der Waals surface area contributed by atoms with Crippen molar-refractivity contribution in [2.24, 2.45) is 5.92 Å². The lowest BCUT2D eigenvalue weighted by atomic mass is 10.1. The fourth-order valence-corrected chi connectivity index (χ4v) is 3.32. The van der Waals surface area contributed by atoms with Gasteiger partial charge in [-0.1, -0.05) is 30.3 Å². The van der Waals surface area contributed by atoms with Crippen LogP contribution in [0.3, 0.4) is 0 Å². The molecule has 1 heterocycles. The summed E-state index contributed by atoms with van der Waals surface area (Å²) in [6, 6.07) is 18.0. The first-order valence-electron chi connectivity index (χ1n) is 7.57. The van der Waals surface area contributed by atoms with Crippen LogP contribution in [-0.4, -0.2) is 25.5 Å². The monoisotopic (exact) mass is 358 g/mol. The summed E-state index contributed by atoms with van der Waals surface area (Å²) >= 11 is 3.42. The molecule has 3 rings (SSSR count). The van der Waals surface area contributed by atoms with Crippen molar-refractivity contribution in [2.45, 2.75) is 6.42 Å². The van der Waals surface area contributed by atoms with E-state index in [1.54, 1.807) is 0 Å². The van der Waals surface area contributed by atoms with Gasteiger partial charge in [0.2, 0.25) is 0 Å². The fraction of sp³-hybridized carbons (Fsp3) is 0.278. The predicted octanol–water partition coefficient (Wildman–Crippen LogP) is 3.71. The molecule has 0 saturated carbocycles. The van der Waals surface area contributed by atoms with Crippen LogP contribution in [-0.2, 0) is 0 Å². The first-order chi connectivity index (χ1) is 10.7. The zero-order chi connectivity index (χ0) is 15.4. The summed E-state index contributed by atoms with van der Waals surface area (Å²) < 4.78 is 0.838. The number of halogens is 1. The first-order valence-corrected chi connectivity index (χ1v) is 8.36. The largest absolute Gasteiger partial charge is 0.371 e. The molecule has 2 aromatic rings. The van der Waals surface area contributed by atoms with Gasteiger partial charge in [0.05, 0.1) is 5.56 Å². The minimum Gasteiger partial charge on any atom is -0.371 e. The Morgan fingerprint density at radius 3 is 2.64 bits per heavy atom. The Morgan fingerprint density at radius 2 is 1.86 bits per heavy atom. The highest BCUT2D eigenvalue weighted by molar-refractivity contribution is 9.10. The minimum absolute atomic E-state index is 0.00867. The molecule has 1 aliphatic rings. The highest BCUT2D eigenvalue weighted by Gasteiger charge is 2.23. The summed E-state index contributed by atoms with van der Waals surface area (Å²) in [4.78, 5) is 14.6. The Bertz CT molecular complexity index is 645. The summed E-state index contributed by atoms with van der Waals surface area (Å²) in [5.74, 6) is 0.497. The molecule has 0 aromatic heterocycles. The molecule has 22 heavy (non-hydrogen) atoms. The van der Waals surface area contributed by atoms with Crippen molar-refractivity contribution < 1.29 is 4.79 Å². The van der Waals surface area contributed by atoms with E-state index in [1.165, 1.54) is 5.69 Å². The van der Waals surface area contributed by atoms with E-state index in [-0.39, 0.29) is 5.91 Å². The van der Waals surface area contributed by atoms with Crippen molar-refractivity contribution in [3.8, 4) is 0 Å². The highest BCUT2D eigenvalue weighted by Crippen LogP contribution is 2.23. The third-order valence-corrected chi connectivity index (χ3v) is 4.77. The topological polar surface area (TPSA) is 32.3 Å². The maximum atomic E-state index is 12.2. The SMILES string of the molecule is O=C(NCC1CCN(c2ccccc2)C1)c1ccccc1Br. The van der Waals surface area contributed by atoms with Crippen molar-refractivity contribution in [3.05, 3.63) is 64.6 Å². The number of carbonyl (C=O) groups excluding carboxylic acids is 1. The number of carbonyl (C=O) groups is 1. The number of para-hydroxylation sites is 1.